The van der Waals surface area contributed by atoms with E-state index in [1.54, 1.807) is 0 Å². The molecule has 5 heteroatoms. The molecule has 1 spiro atoms. The summed E-state index contributed by atoms with van der Waals surface area (Å²) in [7, 11) is 0. The van der Waals surface area contributed by atoms with E-state index >= 15 is 0 Å². The number of hydrogen-bond acceptors (Lipinski definition) is 3. The highest BCUT2D eigenvalue weighted by Crippen LogP contribution is 2.52. The highest BCUT2D eigenvalue weighted by Gasteiger charge is 2.59. The Hall–Kier alpha value is -0.260. The molecule has 1 N–H and O–H groups in total. The maximum absolute atomic E-state index is 12.9. The van der Waals surface area contributed by atoms with Crippen molar-refractivity contribution in [2.24, 2.45) is 5.92 Å². The van der Waals surface area contributed by atoms with Crippen molar-refractivity contribution in [3.05, 3.63) is 0 Å². The molecule has 3 rings (SSSR count). The van der Waals surface area contributed by atoms with Gasteiger partial charge in [-0.15, -0.1) is 0 Å². The molecule has 0 bridgehead atoms. The monoisotopic (exact) mass is 233 g/mol. The van der Waals surface area contributed by atoms with Crippen molar-refractivity contribution >= 4 is 0 Å². The minimum Gasteiger partial charge on any atom is -0.378 e. The number of hydrogen-bond donors (Lipinski definition) is 1. The highest BCUT2D eigenvalue weighted by atomic mass is 19.3. The van der Waals surface area contributed by atoms with Crippen molar-refractivity contribution < 1.29 is 18.3 Å². The van der Waals surface area contributed by atoms with E-state index in [2.05, 4.69) is 5.32 Å². The third-order valence-electron chi connectivity index (χ3n) is 4.01. The van der Waals surface area contributed by atoms with Crippen molar-refractivity contribution in [1.82, 2.24) is 5.32 Å². The summed E-state index contributed by atoms with van der Waals surface area (Å²) in [5.41, 5.74) is -0.336. The predicted molar refractivity (Wildman–Crippen MR) is 53.6 cm³/mol. The van der Waals surface area contributed by atoms with Gasteiger partial charge in [0.15, 0.2) is 0 Å². The zero-order valence-electron chi connectivity index (χ0n) is 9.18. The Morgan fingerprint density at radius 3 is 2.75 bits per heavy atom. The van der Waals surface area contributed by atoms with E-state index in [1.807, 2.05) is 0 Å². The van der Waals surface area contributed by atoms with Gasteiger partial charge in [0.05, 0.1) is 13.2 Å². The smallest absolute Gasteiger partial charge is 0.251 e. The van der Waals surface area contributed by atoms with E-state index in [4.69, 9.17) is 9.47 Å². The summed E-state index contributed by atoms with van der Waals surface area (Å²) in [5, 5.41) is 3.32. The molecule has 2 aliphatic heterocycles. The molecule has 1 aliphatic carbocycles. The summed E-state index contributed by atoms with van der Waals surface area (Å²) in [5.74, 6) is -2.89. The van der Waals surface area contributed by atoms with Gasteiger partial charge in [-0.2, -0.15) is 0 Å². The van der Waals surface area contributed by atoms with Gasteiger partial charge >= 0.3 is 0 Å². The molecule has 0 radical (unpaired) electrons. The molecule has 2 heterocycles. The van der Waals surface area contributed by atoms with Crippen LogP contribution >= 0.6 is 0 Å². The first kappa shape index (κ1) is 10.9. The molecule has 3 nitrogen and oxygen atoms in total. The SMILES string of the molecule is FC1(F)CC1CC1NCCOC12CCOC2. The largest absolute Gasteiger partial charge is 0.378 e. The van der Waals surface area contributed by atoms with Crippen molar-refractivity contribution in [1.29, 1.82) is 0 Å². The maximum Gasteiger partial charge on any atom is 0.251 e. The van der Waals surface area contributed by atoms with Crippen LogP contribution < -0.4 is 5.32 Å². The average Bonchev–Trinajstić information content (AvgIpc) is 2.66. The van der Waals surface area contributed by atoms with Crippen LogP contribution in [0.3, 0.4) is 0 Å². The lowest BCUT2D eigenvalue weighted by Gasteiger charge is -2.41. The highest BCUT2D eigenvalue weighted by molar-refractivity contribution is 5.05. The standard InChI is InChI=1S/C11H17F2NO2/c12-11(13)6-8(11)5-9-10(1-3-15-7-10)16-4-2-14-9/h8-9,14H,1-7H2. The lowest BCUT2D eigenvalue weighted by molar-refractivity contribution is -0.102. The number of halogens is 2. The third kappa shape index (κ3) is 1.75. The third-order valence-corrected chi connectivity index (χ3v) is 4.01. The van der Waals surface area contributed by atoms with Gasteiger partial charge in [0.1, 0.15) is 5.60 Å². The first-order chi connectivity index (χ1) is 7.62. The van der Waals surface area contributed by atoms with Gasteiger partial charge in [-0.05, 0) is 6.42 Å². The van der Waals surface area contributed by atoms with E-state index < -0.39 is 11.8 Å². The van der Waals surface area contributed by atoms with Crippen LogP contribution in [-0.2, 0) is 9.47 Å². The van der Waals surface area contributed by atoms with Crippen LogP contribution in [0.4, 0.5) is 8.78 Å². The molecule has 0 aromatic rings. The van der Waals surface area contributed by atoms with E-state index in [9.17, 15) is 8.78 Å². The van der Waals surface area contributed by atoms with Crippen LogP contribution in [0, 0.1) is 5.92 Å². The van der Waals surface area contributed by atoms with Gasteiger partial charge in [-0.25, -0.2) is 8.78 Å². The van der Waals surface area contributed by atoms with Crippen LogP contribution in [-0.4, -0.2) is 43.9 Å². The number of ether oxygens (including phenoxy) is 2. The molecule has 3 fully saturated rings. The molecule has 3 aliphatic rings. The molecule has 2 saturated heterocycles. The molecule has 0 aromatic heterocycles. The summed E-state index contributed by atoms with van der Waals surface area (Å²) in [6.07, 6.45) is 1.38. The summed E-state index contributed by atoms with van der Waals surface area (Å²) >= 11 is 0. The first-order valence-electron chi connectivity index (χ1n) is 5.95. The fourth-order valence-electron chi connectivity index (χ4n) is 2.83. The molecular weight excluding hydrogens is 216 g/mol. The number of rotatable bonds is 2. The molecule has 1 saturated carbocycles. The van der Waals surface area contributed by atoms with Crippen molar-refractivity contribution in [2.75, 3.05) is 26.4 Å². The van der Waals surface area contributed by atoms with Crippen molar-refractivity contribution in [3.8, 4) is 0 Å². The van der Waals surface area contributed by atoms with Crippen molar-refractivity contribution in [3.63, 3.8) is 0 Å². The fourth-order valence-corrected chi connectivity index (χ4v) is 2.83. The second-order valence-electron chi connectivity index (χ2n) is 5.12. The van der Waals surface area contributed by atoms with E-state index in [-0.39, 0.29) is 18.1 Å². The second kappa shape index (κ2) is 3.62. The average molecular weight is 233 g/mol. The number of morpholine rings is 1. The molecule has 3 atom stereocenters. The summed E-state index contributed by atoms with van der Waals surface area (Å²) < 4.78 is 37.0. The molecule has 0 amide bonds. The van der Waals surface area contributed by atoms with Crippen LogP contribution in [0.1, 0.15) is 19.3 Å². The van der Waals surface area contributed by atoms with E-state index in [1.165, 1.54) is 0 Å². The Balaban J connectivity index is 1.67. The van der Waals surface area contributed by atoms with E-state index in [0.717, 1.165) is 13.0 Å². The summed E-state index contributed by atoms with van der Waals surface area (Å²) in [6.45, 7) is 2.63. The van der Waals surface area contributed by atoms with E-state index in [0.29, 0.717) is 26.2 Å². The quantitative estimate of drug-likeness (QED) is 0.777. The maximum atomic E-state index is 12.9. The molecular formula is C11H17F2NO2. The Bertz CT molecular complexity index is 279. The topological polar surface area (TPSA) is 30.5 Å². The zero-order valence-corrected chi connectivity index (χ0v) is 9.18. The summed E-state index contributed by atoms with van der Waals surface area (Å²) in [6, 6.07) is 0.0297. The molecule has 16 heavy (non-hydrogen) atoms. The van der Waals surface area contributed by atoms with Crippen LogP contribution in [0.15, 0.2) is 0 Å². The molecule has 3 unspecified atom stereocenters. The minimum absolute atomic E-state index is 0.0297. The Morgan fingerprint density at radius 2 is 2.12 bits per heavy atom. The van der Waals surface area contributed by atoms with Crippen molar-refractivity contribution in [2.45, 2.75) is 36.8 Å². The van der Waals surface area contributed by atoms with Gasteiger partial charge in [0, 0.05) is 38.0 Å². The lowest BCUT2D eigenvalue weighted by Crippen LogP contribution is -2.58. The lowest BCUT2D eigenvalue weighted by atomic mass is 9.88. The fraction of sp³-hybridized carbons (Fsp3) is 1.00. The van der Waals surface area contributed by atoms with Gasteiger partial charge < -0.3 is 14.8 Å². The first-order valence-corrected chi connectivity index (χ1v) is 5.95. The van der Waals surface area contributed by atoms with Gasteiger partial charge in [0.2, 0.25) is 0 Å². The van der Waals surface area contributed by atoms with Gasteiger partial charge in [-0.3, -0.25) is 0 Å². The predicted octanol–water partition coefficient (Wildman–Crippen LogP) is 1.18. The Morgan fingerprint density at radius 1 is 1.31 bits per heavy atom. The van der Waals surface area contributed by atoms with Gasteiger partial charge in [-0.1, -0.05) is 0 Å². The summed E-state index contributed by atoms with van der Waals surface area (Å²) in [4.78, 5) is 0. The second-order valence-corrected chi connectivity index (χ2v) is 5.12. The van der Waals surface area contributed by atoms with Crippen LogP contribution in [0.25, 0.3) is 0 Å². The normalized spacial score (nSPS) is 46.1. The minimum atomic E-state index is -2.43. The Labute approximate surface area is 93.5 Å². The zero-order chi connectivity index (χ0) is 11.2. The Kier molecular flexibility index (Phi) is 2.46. The van der Waals surface area contributed by atoms with Gasteiger partial charge in [0.25, 0.3) is 5.92 Å². The number of alkyl halides is 2. The van der Waals surface area contributed by atoms with Crippen LogP contribution in [0.5, 0.6) is 0 Å². The molecule has 92 valence electrons. The number of nitrogens with one attached hydrogen (secondary N) is 1. The molecule has 0 aromatic carbocycles. The van der Waals surface area contributed by atoms with Crippen LogP contribution in [0.2, 0.25) is 0 Å².